The minimum atomic E-state index is -0.941. The van der Waals surface area contributed by atoms with Gasteiger partial charge >= 0.3 is 67.6 Å². The number of rotatable bonds is 0. The maximum atomic E-state index is 10.1. The van der Waals surface area contributed by atoms with Crippen molar-refractivity contribution in [2.24, 2.45) is 0 Å². The molecule has 0 heterocycles. The van der Waals surface area contributed by atoms with Crippen LogP contribution in [-0.2, 0) is 55.7 Å². The summed E-state index contributed by atoms with van der Waals surface area (Å²) in [6.07, 6.45) is 0. The van der Waals surface area contributed by atoms with Gasteiger partial charge in [0.05, 0.1) is 0 Å². The molecule has 0 radical (unpaired) electrons. The summed E-state index contributed by atoms with van der Waals surface area (Å²) in [5.74, 6) is -1.88. The van der Waals surface area contributed by atoms with E-state index in [1.807, 2.05) is 0 Å². The standard InChI is InChI=1S/C2H2O4.2Re/c3-1(4)2(5)6;;/h(H,3,4)(H,5,6);;/q;2*+1/p-2. The van der Waals surface area contributed by atoms with Crippen LogP contribution in [0.25, 0.3) is 0 Å². The minimum absolute atomic E-state index is 0.762. The van der Waals surface area contributed by atoms with Gasteiger partial charge in [0.25, 0.3) is 0 Å². The van der Waals surface area contributed by atoms with Gasteiger partial charge in [-0.05, 0) is 0 Å². The van der Waals surface area contributed by atoms with Gasteiger partial charge < -0.3 is 0 Å². The molecule has 0 aromatic carbocycles. The van der Waals surface area contributed by atoms with Crippen LogP contribution < -0.4 is 0 Å². The Bertz CT molecular complexity index is 96.6. The first-order chi connectivity index (χ1) is 3.72. The Morgan fingerprint density at radius 1 is 1.00 bits per heavy atom. The zero-order valence-corrected chi connectivity index (χ0v) is 8.82. The van der Waals surface area contributed by atoms with Crippen LogP contribution in [-0.4, -0.2) is 11.9 Å². The van der Waals surface area contributed by atoms with Crippen molar-refractivity contribution in [3.05, 3.63) is 0 Å². The summed E-state index contributed by atoms with van der Waals surface area (Å²) < 4.78 is 8.11. The van der Waals surface area contributed by atoms with Crippen LogP contribution in [0.1, 0.15) is 0 Å². The predicted molar refractivity (Wildman–Crippen MR) is 12.2 cm³/mol. The molecule has 0 aromatic rings. The van der Waals surface area contributed by atoms with Crippen molar-refractivity contribution in [2.45, 2.75) is 0 Å². The van der Waals surface area contributed by atoms with Crippen LogP contribution in [0.2, 0.25) is 0 Å². The van der Waals surface area contributed by atoms with Gasteiger partial charge in [0.2, 0.25) is 0 Å². The molecular weight excluding hydrogens is 460 g/mol. The van der Waals surface area contributed by atoms with Crippen molar-refractivity contribution in [1.82, 2.24) is 0 Å². The summed E-state index contributed by atoms with van der Waals surface area (Å²) >= 11 is 1.52. The van der Waals surface area contributed by atoms with Crippen LogP contribution in [0, 0.1) is 0 Å². The first kappa shape index (κ1) is 8.26. The van der Waals surface area contributed by atoms with E-state index in [0.29, 0.717) is 0 Å². The van der Waals surface area contributed by atoms with Crippen LogP contribution in [0.4, 0.5) is 0 Å². The number of hydrogen-bond acceptors (Lipinski definition) is 4. The normalized spacial score (nSPS) is 7.75. The fraction of sp³-hybridized carbons (Fsp3) is 0. The molecule has 0 spiro atoms. The molecule has 0 bridgehead atoms. The third-order valence-corrected chi connectivity index (χ3v) is 1.31. The van der Waals surface area contributed by atoms with Crippen LogP contribution in [0.3, 0.4) is 0 Å². The molecule has 0 saturated carbocycles. The Morgan fingerprint density at radius 2 is 1.25 bits per heavy atom. The summed E-state index contributed by atoms with van der Waals surface area (Å²) in [4.78, 5) is 20.1. The van der Waals surface area contributed by atoms with E-state index in [-0.39, 0.29) is 0 Å². The second-order valence-electron chi connectivity index (χ2n) is 0.729. The van der Waals surface area contributed by atoms with Crippen LogP contribution in [0.5, 0.6) is 0 Å². The zero-order valence-electron chi connectivity index (χ0n) is 3.39. The molecule has 0 aliphatic heterocycles. The summed E-state index contributed by atoms with van der Waals surface area (Å²) in [7, 11) is 0. The molecule has 0 rings (SSSR count). The topological polar surface area (TPSA) is 52.6 Å². The van der Waals surface area contributed by atoms with E-state index in [4.69, 9.17) is 0 Å². The van der Waals surface area contributed by atoms with E-state index in [0.717, 1.165) is 39.1 Å². The van der Waals surface area contributed by atoms with Gasteiger partial charge in [-0.1, -0.05) is 0 Å². The molecule has 0 saturated heterocycles. The Morgan fingerprint density at radius 3 is 1.38 bits per heavy atom. The van der Waals surface area contributed by atoms with Gasteiger partial charge in [-0.25, -0.2) is 0 Å². The van der Waals surface area contributed by atoms with Crippen molar-refractivity contribution in [2.75, 3.05) is 0 Å². The molecule has 0 aliphatic carbocycles. The quantitative estimate of drug-likeness (QED) is 0.436. The maximum absolute atomic E-state index is 10.1. The fourth-order valence-electron chi connectivity index (χ4n) is 0.0630. The zero-order chi connectivity index (χ0) is 6.57. The summed E-state index contributed by atoms with van der Waals surface area (Å²) in [5, 5.41) is 0. The summed E-state index contributed by atoms with van der Waals surface area (Å²) in [5.41, 5.74) is 0. The van der Waals surface area contributed by atoms with Crippen molar-refractivity contribution in [1.29, 1.82) is 0 Å². The Balaban J connectivity index is 3.64. The molecule has 46 valence electrons. The number of hydrogen-bond donors (Lipinski definition) is 0. The van der Waals surface area contributed by atoms with Gasteiger partial charge in [0, 0.05) is 0 Å². The van der Waals surface area contributed by atoms with Gasteiger partial charge in [-0.2, -0.15) is 0 Å². The number of carbonyl (C=O) groups excluding carboxylic acids is 2. The van der Waals surface area contributed by atoms with Gasteiger partial charge in [0.1, 0.15) is 0 Å². The average molecular weight is 460 g/mol. The molecular formula is C2O4Re2. The monoisotopic (exact) mass is 462 g/mol. The molecule has 0 fully saturated rings. The average Bonchev–Trinajstić information content (AvgIpc) is 1.84. The molecule has 8 heavy (non-hydrogen) atoms. The molecule has 0 N–H and O–H groups in total. The van der Waals surface area contributed by atoms with Crippen molar-refractivity contribution in [3.8, 4) is 0 Å². The van der Waals surface area contributed by atoms with E-state index in [1.54, 1.807) is 0 Å². The SMILES string of the molecule is O=C([O][Re])C(=O)[O][Re]. The summed E-state index contributed by atoms with van der Waals surface area (Å²) in [6, 6.07) is 0. The van der Waals surface area contributed by atoms with E-state index >= 15 is 0 Å². The molecule has 0 unspecified atom stereocenters. The van der Waals surface area contributed by atoms with Crippen LogP contribution >= 0.6 is 0 Å². The van der Waals surface area contributed by atoms with Crippen LogP contribution in [0.15, 0.2) is 0 Å². The second-order valence-corrected chi connectivity index (χ2v) is 1.84. The van der Waals surface area contributed by atoms with E-state index in [1.165, 1.54) is 0 Å². The first-order valence-electron chi connectivity index (χ1n) is 1.38. The molecule has 0 aliphatic rings. The predicted octanol–water partition coefficient (Wildman–Crippen LogP) is -1.00. The van der Waals surface area contributed by atoms with Gasteiger partial charge in [-0.15, -0.1) is 0 Å². The molecule has 4 nitrogen and oxygen atoms in total. The molecule has 0 atom stereocenters. The molecule has 0 amide bonds. The number of carbonyl (C=O) groups is 2. The van der Waals surface area contributed by atoms with Crippen molar-refractivity contribution >= 4 is 11.9 Å². The van der Waals surface area contributed by atoms with E-state index < -0.39 is 11.9 Å². The molecule has 0 aromatic heterocycles. The van der Waals surface area contributed by atoms with E-state index in [9.17, 15) is 9.59 Å². The summed E-state index contributed by atoms with van der Waals surface area (Å²) in [6.45, 7) is 0. The first-order valence-corrected chi connectivity index (χ1v) is 3.59. The second kappa shape index (κ2) is 4.17. The Kier molecular flexibility index (Phi) is 4.31. The van der Waals surface area contributed by atoms with Crippen molar-refractivity contribution < 1.29 is 55.7 Å². The van der Waals surface area contributed by atoms with Crippen molar-refractivity contribution in [3.63, 3.8) is 0 Å². The molecule has 6 heteroatoms. The third-order valence-electron chi connectivity index (χ3n) is 0.307. The van der Waals surface area contributed by atoms with Gasteiger partial charge in [0.15, 0.2) is 0 Å². The third kappa shape index (κ3) is 2.54. The Hall–Kier alpha value is 0.265. The Labute approximate surface area is 67.6 Å². The fourth-order valence-corrected chi connectivity index (χ4v) is 0.516. The van der Waals surface area contributed by atoms with E-state index in [2.05, 4.69) is 6.92 Å². The van der Waals surface area contributed by atoms with Gasteiger partial charge in [-0.3, -0.25) is 0 Å².